The van der Waals surface area contributed by atoms with E-state index in [1.807, 2.05) is 30.3 Å². The van der Waals surface area contributed by atoms with Gasteiger partial charge in [0.2, 0.25) is 5.78 Å². The molecule has 14 nitrogen and oxygen atoms in total. The molecule has 0 saturated carbocycles. The number of amides is 1. The van der Waals surface area contributed by atoms with Crippen LogP contribution in [0, 0.1) is 6.92 Å². The molecule has 0 aliphatic carbocycles. The molecule has 1 fully saturated rings. The van der Waals surface area contributed by atoms with Crippen LogP contribution in [0.2, 0.25) is 0 Å². The lowest BCUT2D eigenvalue weighted by molar-refractivity contribution is -0.146. The van der Waals surface area contributed by atoms with Crippen LogP contribution in [0.5, 0.6) is 0 Å². The van der Waals surface area contributed by atoms with Crippen molar-refractivity contribution < 1.29 is 33.3 Å². The molecule has 0 radical (unpaired) electrons. The summed E-state index contributed by atoms with van der Waals surface area (Å²) >= 11 is 0. The SMILES string of the molecule is COC(=O)N[C@H](C(=O)OC)[C@@H]1OC(=O)O[C@H]1c1c(C)nc2n(C)c3ncn(Cc4ccccc4)c3c(=O)n12. The predicted octanol–water partition coefficient (Wildman–Crippen LogP) is 1.21. The summed E-state index contributed by atoms with van der Waals surface area (Å²) in [6.45, 7) is 2.01. The smallest absolute Gasteiger partial charge is 0.467 e. The van der Waals surface area contributed by atoms with Gasteiger partial charge in [0.1, 0.15) is 0 Å². The van der Waals surface area contributed by atoms with E-state index in [9.17, 15) is 19.2 Å². The molecule has 4 aromatic rings. The summed E-state index contributed by atoms with van der Waals surface area (Å²) in [5.74, 6) is -0.677. The van der Waals surface area contributed by atoms with E-state index in [-0.39, 0.29) is 11.5 Å². The maximum absolute atomic E-state index is 14.0. The second-order valence-electron chi connectivity index (χ2n) is 8.62. The number of aryl methyl sites for hydroxylation is 2. The third-order valence-corrected chi connectivity index (χ3v) is 6.38. The Morgan fingerprint density at radius 1 is 1.13 bits per heavy atom. The van der Waals surface area contributed by atoms with Gasteiger partial charge < -0.3 is 28.8 Å². The molecule has 1 amide bonds. The molecular formula is C24H24N6O8. The summed E-state index contributed by atoms with van der Waals surface area (Å²) in [5, 5.41) is 2.31. The van der Waals surface area contributed by atoms with Crippen LogP contribution in [-0.4, -0.2) is 68.1 Å². The van der Waals surface area contributed by atoms with Gasteiger partial charge in [0, 0.05) is 13.6 Å². The van der Waals surface area contributed by atoms with Crippen molar-refractivity contribution in [2.45, 2.75) is 31.7 Å². The molecule has 198 valence electrons. The molecule has 5 rings (SSSR count). The van der Waals surface area contributed by atoms with Gasteiger partial charge in [0.15, 0.2) is 29.4 Å². The van der Waals surface area contributed by atoms with Crippen molar-refractivity contribution in [3.63, 3.8) is 0 Å². The zero-order chi connectivity index (χ0) is 27.1. The fourth-order valence-corrected chi connectivity index (χ4v) is 4.64. The second-order valence-corrected chi connectivity index (χ2v) is 8.62. The van der Waals surface area contributed by atoms with Gasteiger partial charge in [-0.2, -0.15) is 0 Å². The van der Waals surface area contributed by atoms with Gasteiger partial charge >= 0.3 is 18.2 Å². The predicted molar refractivity (Wildman–Crippen MR) is 129 cm³/mol. The number of carbonyl (C=O) groups excluding carboxylic acids is 3. The van der Waals surface area contributed by atoms with Crippen LogP contribution in [0.1, 0.15) is 23.1 Å². The summed E-state index contributed by atoms with van der Waals surface area (Å²) in [6.07, 6.45) is -3.17. The molecule has 3 atom stereocenters. The number of rotatable bonds is 6. The van der Waals surface area contributed by atoms with Crippen molar-refractivity contribution in [2.24, 2.45) is 7.05 Å². The molecule has 1 saturated heterocycles. The number of alkyl carbamates (subject to hydrolysis) is 1. The van der Waals surface area contributed by atoms with E-state index in [0.29, 0.717) is 23.4 Å². The average Bonchev–Trinajstić information content (AvgIpc) is 3.60. The van der Waals surface area contributed by atoms with E-state index in [2.05, 4.69) is 20.0 Å². The van der Waals surface area contributed by atoms with Gasteiger partial charge in [-0.15, -0.1) is 0 Å². The minimum absolute atomic E-state index is 0.173. The maximum atomic E-state index is 14.0. The average molecular weight is 524 g/mol. The molecule has 1 aliphatic rings. The molecule has 1 aromatic carbocycles. The van der Waals surface area contributed by atoms with E-state index >= 15 is 0 Å². The van der Waals surface area contributed by atoms with Crippen molar-refractivity contribution in [2.75, 3.05) is 14.2 Å². The number of esters is 1. The van der Waals surface area contributed by atoms with Crippen molar-refractivity contribution in [1.29, 1.82) is 0 Å². The highest BCUT2D eigenvalue weighted by Gasteiger charge is 2.49. The number of nitrogens with one attached hydrogen (secondary N) is 1. The van der Waals surface area contributed by atoms with Crippen molar-refractivity contribution in [3.05, 3.63) is 64.0 Å². The molecule has 0 unspecified atom stereocenters. The highest BCUT2D eigenvalue weighted by molar-refractivity contribution is 5.83. The van der Waals surface area contributed by atoms with E-state index in [4.69, 9.17) is 14.2 Å². The molecule has 38 heavy (non-hydrogen) atoms. The van der Waals surface area contributed by atoms with Gasteiger partial charge in [-0.3, -0.25) is 9.36 Å². The van der Waals surface area contributed by atoms with E-state index in [1.54, 1.807) is 29.4 Å². The molecule has 4 heterocycles. The Morgan fingerprint density at radius 3 is 2.55 bits per heavy atom. The Balaban J connectivity index is 1.68. The Hall–Kier alpha value is -4.88. The number of ether oxygens (including phenoxy) is 4. The highest BCUT2D eigenvalue weighted by Crippen LogP contribution is 2.34. The number of methoxy groups -OCH3 is 2. The molecule has 0 spiro atoms. The lowest BCUT2D eigenvalue weighted by Crippen LogP contribution is -2.51. The first-order valence-electron chi connectivity index (χ1n) is 11.5. The number of imidazole rings is 2. The molecule has 14 heteroatoms. The van der Waals surface area contributed by atoms with Gasteiger partial charge in [0.05, 0.1) is 31.9 Å². The van der Waals surface area contributed by atoms with Crippen LogP contribution >= 0.6 is 0 Å². The normalized spacial score (nSPS) is 17.7. The van der Waals surface area contributed by atoms with Gasteiger partial charge in [-0.1, -0.05) is 30.3 Å². The Labute approximate surface area is 214 Å². The van der Waals surface area contributed by atoms with Gasteiger partial charge in [0.25, 0.3) is 5.56 Å². The number of fused-ring (bicyclic) bond motifs is 2. The molecular weight excluding hydrogens is 500 g/mol. The summed E-state index contributed by atoms with van der Waals surface area (Å²) in [6, 6.07) is 8.07. The summed E-state index contributed by atoms with van der Waals surface area (Å²) in [4.78, 5) is 59.7. The number of hydrogen-bond donors (Lipinski definition) is 1. The molecule has 1 N–H and O–H groups in total. The lowest BCUT2D eigenvalue weighted by Gasteiger charge is -2.23. The summed E-state index contributed by atoms with van der Waals surface area (Å²) in [5.41, 5.74) is 1.71. The van der Waals surface area contributed by atoms with Gasteiger partial charge in [-0.05, 0) is 12.5 Å². The number of cyclic esters (lactones) is 2. The van der Waals surface area contributed by atoms with E-state index in [1.165, 1.54) is 4.40 Å². The Bertz CT molecular complexity index is 1620. The van der Waals surface area contributed by atoms with Gasteiger partial charge in [-0.25, -0.2) is 28.8 Å². The fraction of sp³-hybridized carbons (Fsp3) is 0.333. The first-order chi connectivity index (χ1) is 18.2. The quantitative estimate of drug-likeness (QED) is 0.287. The van der Waals surface area contributed by atoms with Crippen molar-refractivity contribution in [3.8, 4) is 0 Å². The Morgan fingerprint density at radius 2 is 1.87 bits per heavy atom. The highest BCUT2D eigenvalue weighted by atomic mass is 16.8. The van der Waals surface area contributed by atoms with Crippen LogP contribution in [0.3, 0.4) is 0 Å². The third-order valence-electron chi connectivity index (χ3n) is 6.38. The van der Waals surface area contributed by atoms with Crippen LogP contribution in [0.15, 0.2) is 41.5 Å². The number of carbonyl (C=O) groups is 3. The van der Waals surface area contributed by atoms with E-state index in [0.717, 1.165) is 19.8 Å². The second kappa shape index (κ2) is 9.53. The van der Waals surface area contributed by atoms with Crippen molar-refractivity contribution >= 4 is 35.2 Å². The lowest BCUT2D eigenvalue weighted by atomic mass is 10.0. The minimum Gasteiger partial charge on any atom is -0.467 e. The molecule has 1 aliphatic heterocycles. The van der Waals surface area contributed by atoms with Crippen LogP contribution in [0.25, 0.3) is 16.9 Å². The number of hydrogen-bond acceptors (Lipinski definition) is 10. The summed E-state index contributed by atoms with van der Waals surface area (Å²) < 4.78 is 24.8. The molecule has 3 aromatic heterocycles. The maximum Gasteiger partial charge on any atom is 0.509 e. The fourth-order valence-electron chi connectivity index (χ4n) is 4.64. The number of benzene rings is 1. The number of aromatic nitrogens is 5. The first kappa shape index (κ1) is 24.8. The third kappa shape index (κ3) is 3.99. The van der Waals surface area contributed by atoms with Crippen LogP contribution in [0.4, 0.5) is 9.59 Å². The summed E-state index contributed by atoms with van der Waals surface area (Å²) in [7, 11) is 3.93. The zero-order valence-corrected chi connectivity index (χ0v) is 20.9. The molecule has 0 bridgehead atoms. The minimum atomic E-state index is -1.50. The number of nitrogens with zero attached hydrogens (tertiary/aromatic N) is 5. The Kier molecular flexibility index (Phi) is 6.22. The monoisotopic (exact) mass is 524 g/mol. The topological polar surface area (TPSA) is 157 Å². The standard InChI is InChI=1S/C24H24N6O8/c1-12-15(18-17(37-24(34)38-18)14(21(32)35-3)27-23(33)36-4)30-20(31)16-19(28(2)22(30)26-12)25-11-29(16)10-13-8-6-5-7-9-13/h5-9,11,14,17-18H,10H2,1-4H3,(H,27,33)/t14-,17-,18-/m0/s1. The van der Waals surface area contributed by atoms with Crippen LogP contribution in [-0.2, 0) is 37.3 Å². The zero-order valence-electron chi connectivity index (χ0n) is 20.9. The van der Waals surface area contributed by atoms with E-state index < -0.39 is 42.0 Å². The van der Waals surface area contributed by atoms with Crippen molar-refractivity contribution in [1.82, 2.24) is 28.8 Å². The first-order valence-corrected chi connectivity index (χ1v) is 11.5. The van der Waals surface area contributed by atoms with Crippen LogP contribution < -0.4 is 10.9 Å². The largest absolute Gasteiger partial charge is 0.509 e.